The molecule has 2 rings (SSSR count). The summed E-state index contributed by atoms with van der Waals surface area (Å²) in [4.78, 5) is 15.8. The van der Waals surface area contributed by atoms with Gasteiger partial charge in [-0.1, -0.05) is 32.0 Å². The lowest BCUT2D eigenvalue weighted by Crippen LogP contribution is -2.16. The van der Waals surface area contributed by atoms with Gasteiger partial charge >= 0.3 is 0 Å². The zero-order chi connectivity index (χ0) is 14.7. The first-order valence-electron chi connectivity index (χ1n) is 6.51. The number of hydrogen-bond acceptors (Lipinski definition) is 2. The van der Waals surface area contributed by atoms with Gasteiger partial charge in [-0.05, 0) is 30.0 Å². The highest BCUT2D eigenvalue weighted by molar-refractivity contribution is 6.05. The molecule has 0 aliphatic heterocycles. The lowest BCUT2D eigenvalue weighted by Gasteiger charge is -2.16. The first kappa shape index (κ1) is 14.2. The molecule has 0 fully saturated rings. The Hall–Kier alpha value is -2.23. The molecule has 3 nitrogen and oxygen atoms in total. The van der Waals surface area contributed by atoms with Crippen molar-refractivity contribution >= 4 is 11.6 Å². The normalized spacial score (nSPS) is 10.7. The number of hydrogen-bond donors (Lipinski definition) is 1. The SMILES string of the molecule is Cc1cccc(C(C)C)c1NC(=O)c1ccncc1F. The van der Waals surface area contributed by atoms with Gasteiger partial charge in [0.1, 0.15) is 0 Å². The monoisotopic (exact) mass is 272 g/mol. The third-order valence-corrected chi connectivity index (χ3v) is 3.18. The molecule has 0 spiro atoms. The van der Waals surface area contributed by atoms with E-state index in [-0.39, 0.29) is 11.5 Å². The summed E-state index contributed by atoms with van der Waals surface area (Å²) in [5, 5.41) is 2.81. The molecule has 0 bridgehead atoms. The van der Waals surface area contributed by atoms with Crippen LogP contribution in [-0.4, -0.2) is 10.9 Å². The maximum Gasteiger partial charge on any atom is 0.258 e. The lowest BCUT2D eigenvalue weighted by molar-refractivity contribution is 0.102. The van der Waals surface area contributed by atoms with Crippen molar-refractivity contribution in [3.8, 4) is 0 Å². The standard InChI is InChI=1S/C16H17FN2O/c1-10(2)12-6-4-5-11(3)15(12)19-16(20)13-7-8-18-9-14(13)17/h4-10H,1-3H3,(H,19,20). The molecule has 0 atom stereocenters. The maximum atomic E-state index is 13.6. The topological polar surface area (TPSA) is 42.0 Å². The van der Waals surface area contributed by atoms with Crippen molar-refractivity contribution in [3.05, 3.63) is 59.2 Å². The summed E-state index contributed by atoms with van der Waals surface area (Å²) in [6.45, 7) is 6.03. The molecule has 0 radical (unpaired) electrons. The van der Waals surface area contributed by atoms with Gasteiger partial charge in [-0.25, -0.2) is 4.39 Å². The van der Waals surface area contributed by atoms with E-state index in [1.165, 1.54) is 12.3 Å². The van der Waals surface area contributed by atoms with Crippen molar-refractivity contribution in [2.75, 3.05) is 5.32 Å². The number of carbonyl (C=O) groups is 1. The van der Waals surface area contributed by atoms with E-state index < -0.39 is 11.7 Å². The number of amides is 1. The molecule has 2 aromatic rings. The van der Waals surface area contributed by atoms with Crippen LogP contribution in [0.15, 0.2) is 36.7 Å². The summed E-state index contributed by atoms with van der Waals surface area (Å²) >= 11 is 0. The fourth-order valence-electron chi connectivity index (χ4n) is 2.08. The average molecular weight is 272 g/mol. The number of rotatable bonds is 3. The van der Waals surface area contributed by atoms with Gasteiger partial charge in [0.15, 0.2) is 5.82 Å². The van der Waals surface area contributed by atoms with E-state index in [0.717, 1.165) is 23.0 Å². The maximum absolute atomic E-state index is 13.6. The summed E-state index contributed by atoms with van der Waals surface area (Å²) in [6.07, 6.45) is 2.44. The number of anilines is 1. The minimum absolute atomic E-state index is 0.00189. The largest absolute Gasteiger partial charge is 0.321 e. The molecule has 1 amide bonds. The number of para-hydroxylation sites is 1. The molecule has 0 saturated carbocycles. The molecule has 0 aliphatic rings. The van der Waals surface area contributed by atoms with Gasteiger partial charge < -0.3 is 5.32 Å². The minimum Gasteiger partial charge on any atom is -0.321 e. The van der Waals surface area contributed by atoms with E-state index in [1.54, 1.807) is 0 Å². The zero-order valence-electron chi connectivity index (χ0n) is 11.8. The number of aryl methyl sites for hydroxylation is 1. The van der Waals surface area contributed by atoms with Crippen molar-refractivity contribution in [3.63, 3.8) is 0 Å². The van der Waals surface area contributed by atoms with Crippen LogP contribution in [0, 0.1) is 12.7 Å². The minimum atomic E-state index is -0.621. The summed E-state index contributed by atoms with van der Waals surface area (Å²) < 4.78 is 13.6. The Labute approximate surface area is 117 Å². The van der Waals surface area contributed by atoms with Gasteiger partial charge in [0.25, 0.3) is 5.91 Å². The van der Waals surface area contributed by atoms with Crippen molar-refractivity contribution in [2.24, 2.45) is 0 Å². The molecule has 1 heterocycles. The van der Waals surface area contributed by atoms with E-state index >= 15 is 0 Å². The predicted octanol–water partition coefficient (Wildman–Crippen LogP) is 3.90. The lowest BCUT2D eigenvalue weighted by atomic mass is 9.98. The van der Waals surface area contributed by atoms with E-state index in [9.17, 15) is 9.18 Å². The molecular formula is C16H17FN2O. The summed E-state index contributed by atoms with van der Waals surface area (Å²) in [7, 11) is 0. The molecule has 1 aromatic heterocycles. The van der Waals surface area contributed by atoms with Crippen LogP contribution in [0.5, 0.6) is 0 Å². The quantitative estimate of drug-likeness (QED) is 0.920. The summed E-state index contributed by atoms with van der Waals surface area (Å²) in [5.41, 5.74) is 2.74. The smallest absolute Gasteiger partial charge is 0.258 e. The molecule has 1 N–H and O–H groups in total. The predicted molar refractivity (Wildman–Crippen MR) is 77.4 cm³/mol. The van der Waals surface area contributed by atoms with Crippen LogP contribution in [-0.2, 0) is 0 Å². The van der Waals surface area contributed by atoms with E-state index in [0.29, 0.717) is 0 Å². The molecule has 0 saturated heterocycles. The molecular weight excluding hydrogens is 255 g/mol. The number of benzene rings is 1. The van der Waals surface area contributed by atoms with Gasteiger partial charge in [0, 0.05) is 11.9 Å². The molecule has 1 aromatic carbocycles. The van der Waals surface area contributed by atoms with Crippen LogP contribution >= 0.6 is 0 Å². The number of halogens is 1. The third-order valence-electron chi connectivity index (χ3n) is 3.18. The average Bonchev–Trinajstić information content (AvgIpc) is 2.41. The van der Waals surface area contributed by atoms with E-state index in [4.69, 9.17) is 0 Å². The Kier molecular flexibility index (Phi) is 4.13. The Morgan fingerprint density at radius 1 is 1.30 bits per heavy atom. The number of nitrogens with one attached hydrogen (secondary N) is 1. The molecule has 4 heteroatoms. The van der Waals surface area contributed by atoms with E-state index in [1.807, 2.05) is 25.1 Å². The Morgan fingerprint density at radius 3 is 2.70 bits per heavy atom. The second kappa shape index (κ2) is 5.82. The van der Waals surface area contributed by atoms with Crippen LogP contribution in [0.4, 0.5) is 10.1 Å². The molecule has 20 heavy (non-hydrogen) atoms. The Bertz CT molecular complexity index is 638. The fourth-order valence-corrected chi connectivity index (χ4v) is 2.08. The molecule has 0 unspecified atom stereocenters. The number of aromatic nitrogens is 1. The fraction of sp³-hybridized carbons (Fsp3) is 0.250. The first-order valence-corrected chi connectivity index (χ1v) is 6.51. The highest BCUT2D eigenvalue weighted by atomic mass is 19.1. The van der Waals surface area contributed by atoms with Crippen LogP contribution in [0.3, 0.4) is 0 Å². The van der Waals surface area contributed by atoms with Gasteiger partial charge in [-0.3, -0.25) is 9.78 Å². The second-order valence-electron chi connectivity index (χ2n) is 5.00. The summed E-state index contributed by atoms with van der Waals surface area (Å²) in [6, 6.07) is 7.21. The van der Waals surface area contributed by atoms with Gasteiger partial charge in [0.05, 0.1) is 11.8 Å². The highest BCUT2D eigenvalue weighted by Crippen LogP contribution is 2.27. The van der Waals surface area contributed by atoms with Crippen LogP contribution < -0.4 is 5.32 Å². The van der Waals surface area contributed by atoms with Crippen molar-refractivity contribution in [1.29, 1.82) is 0 Å². The Morgan fingerprint density at radius 2 is 2.05 bits per heavy atom. The van der Waals surface area contributed by atoms with Gasteiger partial charge in [0.2, 0.25) is 0 Å². The van der Waals surface area contributed by atoms with E-state index in [2.05, 4.69) is 24.1 Å². The first-order chi connectivity index (χ1) is 9.50. The molecule has 0 aliphatic carbocycles. The number of pyridine rings is 1. The van der Waals surface area contributed by atoms with Crippen LogP contribution in [0.25, 0.3) is 0 Å². The van der Waals surface area contributed by atoms with Gasteiger partial charge in [-0.15, -0.1) is 0 Å². The van der Waals surface area contributed by atoms with Crippen molar-refractivity contribution in [2.45, 2.75) is 26.7 Å². The number of nitrogens with zero attached hydrogens (tertiary/aromatic N) is 1. The Balaban J connectivity index is 2.36. The number of carbonyl (C=O) groups excluding carboxylic acids is 1. The van der Waals surface area contributed by atoms with Crippen LogP contribution in [0.1, 0.15) is 41.3 Å². The van der Waals surface area contributed by atoms with Gasteiger partial charge in [-0.2, -0.15) is 0 Å². The summed E-state index contributed by atoms with van der Waals surface area (Å²) in [5.74, 6) is -0.807. The highest BCUT2D eigenvalue weighted by Gasteiger charge is 2.15. The van der Waals surface area contributed by atoms with Crippen molar-refractivity contribution < 1.29 is 9.18 Å². The van der Waals surface area contributed by atoms with Crippen LogP contribution in [0.2, 0.25) is 0 Å². The third kappa shape index (κ3) is 2.85. The molecule has 104 valence electrons. The van der Waals surface area contributed by atoms with Crippen molar-refractivity contribution in [1.82, 2.24) is 4.98 Å². The zero-order valence-corrected chi connectivity index (χ0v) is 11.8. The second-order valence-corrected chi connectivity index (χ2v) is 5.00.